The van der Waals surface area contributed by atoms with Gasteiger partial charge in [-0.3, -0.25) is 4.79 Å². The zero-order chi connectivity index (χ0) is 10.9. The quantitative estimate of drug-likeness (QED) is 0.607. The molecule has 0 radical (unpaired) electrons. The van der Waals surface area contributed by atoms with E-state index in [0.29, 0.717) is 11.0 Å². The van der Waals surface area contributed by atoms with Crippen LogP contribution < -0.4 is 0 Å². The van der Waals surface area contributed by atoms with E-state index in [0.717, 1.165) is 19.3 Å². The van der Waals surface area contributed by atoms with Crippen LogP contribution in [0, 0.1) is 0 Å². The Balaban J connectivity index is 2.01. The minimum Gasteiger partial charge on any atom is -0.300 e. The van der Waals surface area contributed by atoms with Crippen molar-refractivity contribution in [1.29, 1.82) is 0 Å². The largest absolute Gasteiger partial charge is 0.300 e. The first kappa shape index (κ1) is 13.1. The van der Waals surface area contributed by atoms with E-state index in [2.05, 4.69) is 6.92 Å². The fraction of sp³-hybridized carbons (Fsp3) is 0.923. The first-order valence-corrected chi connectivity index (χ1v) is 7.51. The topological polar surface area (TPSA) is 17.1 Å². The van der Waals surface area contributed by atoms with Gasteiger partial charge in [-0.15, -0.1) is 0 Å². The summed E-state index contributed by atoms with van der Waals surface area (Å²) in [7, 11) is 0. The second-order valence-corrected chi connectivity index (χ2v) is 5.95. The third-order valence-corrected chi connectivity index (χ3v) is 4.44. The highest BCUT2D eigenvalue weighted by Gasteiger charge is 2.16. The average Bonchev–Trinajstić information content (AvgIpc) is 2.26. The maximum absolute atomic E-state index is 11.7. The number of ketones is 1. The summed E-state index contributed by atoms with van der Waals surface area (Å²) >= 11 is 2.01. The van der Waals surface area contributed by atoms with Gasteiger partial charge < -0.3 is 0 Å². The smallest absolute Gasteiger partial charge is 0.134 e. The third kappa shape index (κ3) is 6.24. The van der Waals surface area contributed by atoms with Gasteiger partial charge in [0, 0.05) is 18.1 Å². The van der Waals surface area contributed by atoms with Crippen molar-refractivity contribution in [2.45, 2.75) is 70.0 Å². The summed E-state index contributed by atoms with van der Waals surface area (Å²) in [5.41, 5.74) is 0. The molecule has 1 aliphatic heterocycles. The number of carbonyl (C=O) groups excluding carboxylic acids is 1. The van der Waals surface area contributed by atoms with Crippen molar-refractivity contribution in [1.82, 2.24) is 0 Å². The van der Waals surface area contributed by atoms with E-state index in [1.165, 1.54) is 44.3 Å². The fourth-order valence-corrected chi connectivity index (χ4v) is 3.41. The van der Waals surface area contributed by atoms with Gasteiger partial charge in [0.25, 0.3) is 0 Å². The Labute approximate surface area is 98.4 Å². The molecule has 0 aromatic carbocycles. The lowest BCUT2D eigenvalue weighted by Crippen LogP contribution is -2.14. The van der Waals surface area contributed by atoms with Crippen LogP contribution in [-0.4, -0.2) is 16.8 Å². The summed E-state index contributed by atoms with van der Waals surface area (Å²) in [6.45, 7) is 2.21. The molecule has 1 fully saturated rings. The highest BCUT2D eigenvalue weighted by atomic mass is 32.2. The standard InChI is InChI=1S/C13H24OS/c1-2-3-4-5-8-12(14)11-13-9-6-7-10-15-13/h13H,2-11H2,1H3. The molecule has 0 spiro atoms. The lowest BCUT2D eigenvalue weighted by molar-refractivity contribution is -0.119. The molecule has 1 aliphatic rings. The van der Waals surface area contributed by atoms with Crippen molar-refractivity contribution in [2.75, 3.05) is 5.75 Å². The number of unbranched alkanes of at least 4 members (excludes halogenated alkanes) is 3. The third-order valence-electron chi connectivity index (χ3n) is 3.04. The van der Waals surface area contributed by atoms with Gasteiger partial charge in [0.15, 0.2) is 0 Å². The van der Waals surface area contributed by atoms with Crippen LogP contribution in [0.5, 0.6) is 0 Å². The molecule has 0 amide bonds. The molecule has 2 heteroatoms. The van der Waals surface area contributed by atoms with E-state index in [9.17, 15) is 4.79 Å². The molecule has 1 saturated heterocycles. The zero-order valence-electron chi connectivity index (χ0n) is 9.96. The predicted molar refractivity (Wildman–Crippen MR) is 68.5 cm³/mol. The van der Waals surface area contributed by atoms with Crippen molar-refractivity contribution in [2.24, 2.45) is 0 Å². The van der Waals surface area contributed by atoms with E-state index in [1.807, 2.05) is 11.8 Å². The van der Waals surface area contributed by atoms with Crippen LogP contribution in [0.1, 0.15) is 64.7 Å². The summed E-state index contributed by atoms with van der Waals surface area (Å²) in [5, 5.41) is 0.650. The minimum absolute atomic E-state index is 0.505. The average molecular weight is 228 g/mol. The molecule has 1 heterocycles. The van der Waals surface area contributed by atoms with Crippen molar-refractivity contribution >= 4 is 17.5 Å². The fourth-order valence-electron chi connectivity index (χ4n) is 2.07. The van der Waals surface area contributed by atoms with E-state index in [-0.39, 0.29) is 0 Å². The molecular weight excluding hydrogens is 204 g/mol. The van der Waals surface area contributed by atoms with Gasteiger partial charge in [-0.1, -0.05) is 32.6 Å². The van der Waals surface area contributed by atoms with Gasteiger partial charge in [0.1, 0.15) is 5.78 Å². The van der Waals surface area contributed by atoms with E-state index in [4.69, 9.17) is 0 Å². The minimum atomic E-state index is 0.505. The van der Waals surface area contributed by atoms with Crippen LogP contribution in [0.4, 0.5) is 0 Å². The molecule has 1 nitrogen and oxygen atoms in total. The summed E-state index contributed by atoms with van der Waals surface area (Å²) < 4.78 is 0. The Morgan fingerprint density at radius 3 is 2.80 bits per heavy atom. The first-order chi connectivity index (χ1) is 7.33. The number of thioether (sulfide) groups is 1. The van der Waals surface area contributed by atoms with Crippen molar-refractivity contribution in [3.8, 4) is 0 Å². The molecule has 0 N–H and O–H groups in total. The van der Waals surface area contributed by atoms with Gasteiger partial charge >= 0.3 is 0 Å². The van der Waals surface area contributed by atoms with Crippen LogP contribution in [0.3, 0.4) is 0 Å². The van der Waals surface area contributed by atoms with Crippen LogP contribution in [0.25, 0.3) is 0 Å². The number of hydrogen-bond acceptors (Lipinski definition) is 2. The Hall–Kier alpha value is 0.0200. The van der Waals surface area contributed by atoms with Crippen LogP contribution in [0.15, 0.2) is 0 Å². The van der Waals surface area contributed by atoms with Gasteiger partial charge in [-0.05, 0) is 25.0 Å². The second-order valence-electron chi connectivity index (χ2n) is 4.54. The van der Waals surface area contributed by atoms with Crippen molar-refractivity contribution in [3.05, 3.63) is 0 Å². The van der Waals surface area contributed by atoms with Crippen molar-refractivity contribution < 1.29 is 4.79 Å². The molecular formula is C13H24OS. The predicted octanol–water partition coefficient (Wildman–Crippen LogP) is 4.20. The molecule has 0 aromatic rings. The summed E-state index contributed by atoms with van der Waals surface area (Å²) in [5.74, 6) is 1.78. The van der Waals surface area contributed by atoms with Gasteiger partial charge in [0.2, 0.25) is 0 Å². The molecule has 1 unspecified atom stereocenters. The molecule has 0 aliphatic carbocycles. The molecule has 1 atom stereocenters. The van der Waals surface area contributed by atoms with Crippen LogP contribution in [0.2, 0.25) is 0 Å². The normalized spacial score (nSPS) is 21.5. The molecule has 1 rings (SSSR count). The second kappa shape index (κ2) is 8.20. The maximum Gasteiger partial charge on any atom is 0.134 e. The number of Topliss-reactive ketones (excluding diaryl/α,β-unsaturated/α-hetero) is 1. The van der Waals surface area contributed by atoms with E-state index in [1.54, 1.807) is 0 Å². The number of rotatable bonds is 7. The Kier molecular flexibility index (Phi) is 7.16. The first-order valence-electron chi connectivity index (χ1n) is 6.46. The Morgan fingerprint density at radius 2 is 2.13 bits per heavy atom. The van der Waals surface area contributed by atoms with Crippen LogP contribution in [-0.2, 0) is 4.79 Å². The molecule has 0 bridgehead atoms. The summed E-state index contributed by atoms with van der Waals surface area (Å²) in [4.78, 5) is 11.7. The van der Waals surface area contributed by atoms with Gasteiger partial charge in [0.05, 0.1) is 0 Å². The summed E-state index contributed by atoms with van der Waals surface area (Å²) in [6.07, 6.45) is 10.5. The monoisotopic (exact) mass is 228 g/mol. The Morgan fingerprint density at radius 1 is 1.27 bits per heavy atom. The zero-order valence-corrected chi connectivity index (χ0v) is 10.8. The van der Waals surface area contributed by atoms with Gasteiger partial charge in [-0.2, -0.15) is 11.8 Å². The van der Waals surface area contributed by atoms with E-state index >= 15 is 0 Å². The number of carbonyl (C=O) groups is 1. The summed E-state index contributed by atoms with van der Waals surface area (Å²) in [6, 6.07) is 0. The van der Waals surface area contributed by atoms with Crippen molar-refractivity contribution in [3.63, 3.8) is 0 Å². The maximum atomic E-state index is 11.7. The lowest BCUT2D eigenvalue weighted by atomic mass is 10.0. The highest BCUT2D eigenvalue weighted by Crippen LogP contribution is 2.28. The lowest BCUT2D eigenvalue weighted by Gasteiger charge is -2.20. The highest BCUT2D eigenvalue weighted by molar-refractivity contribution is 7.99. The Bertz CT molecular complexity index is 173. The molecule has 88 valence electrons. The SMILES string of the molecule is CCCCCCC(=O)CC1CCCCS1. The van der Waals surface area contributed by atoms with E-state index < -0.39 is 0 Å². The molecule has 0 aromatic heterocycles. The molecule has 0 saturated carbocycles. The number of hydrogen-bond donors (Lipinski definition) is 0. The molecule has 15 heavy (non-hydrogen) atoms. The van der Waals surface area contributed by atoms with Gasteiger partial charge in [-0.25, -0.2) is 0 Å². The van der Waals surface area contributed by atoms with Crippen LogP contribution >= 0.6 is 11.8 Å².